The van der Waals surface area contributed by atoms with Gasteiger partial charge in [0.25, 0.3) is 0 Å². The molecule has 0 unspecified atom stereocenters. The van der Waals surface area contributed by atoms with Crippen molar-refractivity contribution >= 4 is 32.4 Å². The van der Waals surface area contributed by atoms with Crippen LogP contribution in [0.25, 0.3) is 0 Å². The Labute approximate surface area is 168 Å². The predicted molar refractivity (Wildman–Crippen MR) is 102 cm³/mol. The van der Waals surface area contributed by atoms with E-state index in [1.54, 1.807) is 5.38 Å². The van der Waals surface area contributed by atoms with E-state index in [1.807, 2.05) is 0 Å². The molecule has 11 heteroatoms. The van der Waals surface area contributed by atoms with Crippen molar-refractivity contribution in [2.75, 3.05) is 5.32 Å². The van der Waals surface area contributed by atoms with Gasteiger partial charge in [0.1, 0.15) is 0 Å². The number of nitrogens with zero attached hydrogens (tertiary/aromatic N) is 2. The lowest BCUT2D eigenvalue weighted by Crippen LogP contribution is -2.18. The molecule has 4 rings (SSSR count). The normalized spacial score (nSPS) is 14.0. The smallest absolute Gasteiger partial charge is 0.393 e. The van der Waals surface area contributed by atoms with Gasteiger partial charge in [-0.1, -0.05) is 6.07 Å². The minimum atomic E-state index is -3.54. The number of benzene rings is 1. The molecule has 1 amide bonds. The number of carbonyl (C=O) groups is 1. The number of hydrogen-bond acceptors (Lipinski definition) is 6. The monoisotopic (exact) mass is 439 g/mol. The van der Waals surface area contributed by atoms with E-state index in [0.717, 1.165) is 12.1 Å². The molecule has 2 heterocycles. The molecule has 0 aliphatic heterocycles. The van der Waals surface area contributed by atoms with Gasteiger partial charge in [-0.15, -0.1) is 11.3 Å². The van der Waals surface area contributed by atoms with Crippen molar-refractivity contribution in [3.8, 4) is 5.88 Å². The SMILES string of the molecule is O=C(Nc1nccs1)Oc1cc(S(=O)(=O)C2CC2)cn1Cc1ccc(F)c(F)c1. The van der Waals surface area contributed by atoms with Crippen LogP contribution in [0.3, 0.4) is 0 Å². The average molecular weight is 439 g/mol. The topological polar surface area (TPSA) is 90.3 Å². The molecular formula is C18H15F2N3O4S2. The zero-order chi connectivity index (χ0) is 20.6. The minimum Gasteiger partial charge on any atom is -0.393 e. The third kappa shape index (κ3) is 4.30. The van der Waals surface area contributed by atoms with E-state index in [1.165, 1.54) is 40.4 Å². The van der Waals surface area contributed by atoms with Crippen molar-refractivity contribution in [2.24, 2.45) is 0 Å². The second-order valence-electron chi connectivity index (χ2n) is 6.49. The zero-order valence-corrected chi connectivity index (χ0v) is 16.5. The molecule has 0 saturated heterocycles. The summed E-state index contributed by atoms with van der Waals surface area (Å²) < 4.78 is 58.5. The number of ether oxygens (including phenoxy) is 1. The summed E-state index contributed by atoms with van der Waals surface area (Å²) in [6, 6.07) is 4.61. The Kier molecular flexibility index (Phi) is 5.09. The number of aromatic nitrogens is 2. The van der Waals surface area contributed by atoms with Crippen molar-refractivity contribution in [1.82, 2.24) is 9.55 Å². The number of carbonyl (C=O) groups excluding carboxylic acids is 1. The number of sulfone groups is 1. The molecule has 1 aliphatic rings. The van der Waals surface area contributed by atoms with Crippen LogP contribution in [0, 0.1) is 11.6 Å². The summed E-state index contributed by atoms with van der Waals surface area (Å²) in [5.41, 5.74) is 0.375. The number of hydrogen-bond donors (Lipinski definition) is 1. The van der Waals surface area contributed by atoms with Crippen molar-refractivity contribution in [2.45, 2.75) is 29.5 Å². The van der Waals surface area contributed by atoms with Gasteiger partial charge in [0.15, 0.2) is 26.6 Å². The number of nitrogens with one attached hydrogen (secondary N) is 1. The molecule has 1 aromatic carbocycles. The van der Waals surface area contributed by atoms with Crippen LogP contribution in [0.15, 0.2) is 46.9 Å². The van der Waals surface area contributed by atoms with Gasteiger partial charge in [0.05, 0.1) is 16.7 Å². The highest BCUT2D eigenvalue weighted by molar-refractivity contribution is 7.92. The summed E-state index contributed by atoms with van der Waals surface area (Å²) in [6.07, 6.45) is 3.15. The molecule has 1 fully saturated rings. The maximum Gasteiger partial charge on any atom is 0.420 e. The average Bonchev–Trinajstić information content (AvgIpc) is 3.29. The molecule has 0 radical (unpaired) electrons. The molecule has 1 saturated carbocycles. The fraction of sp³-hybridized carbons (Fsp3) is 0.222. The van der Waals surface area contributed by atoms with E-state index in [2.05, 4.69) is 10.3 Å². The van der Waals surface area contributed by atoms with Gasteiger partial charge in [0, 0.05) is 23.8 Å². The van der Waals surface area contributed by atoms with Gasteiger partial charge < -0.3 is 9.30 Å². The molecule has 7 nitrogen and oxygen atoms in total. The molecular weight excluding hydrogens is 424 g/mol. The van der Waals surface area contributed by atoms with Crippen molar-refractivity contribution in [1.29, 1.82) is 0 Å². The molecule has 29 heavy (non-hydrogen) atoms. The number of thiazole rings is 1. The van der Waals surface area contributed by atoms with Crippen LogP contribution in [-0.2, 0) is 16.4 Å². The van der Waals surface area contributed by atoms with Gasteiger partial charge in [-0.25, -0.2) is 27.0 Å². The molecule has 3 aromatic rings. The van der Waals surface area contributed by atoms with Gasteiger partial charge >= 0.3 is 6.09 Å². The molecule has 1 aliphatic carbocycles. The van der Waals surface area contributed by atoms with Crippen molar-refractivity contribution in [3.05, 3.63) is 59.2 Å². The van der Waals surface area contributed by atoms with Crippen LogP contribution in [0.2, 0.25) is 0 Å². The third-order valence-electron chi connectivity index (χ3n) is 4.30. The Morgan fingerprint density at radius 2 is 2.07 bits per heavy atom. The second-order valence-corrected chi connectivity index (χ2v) is 9.61. The Balaban J connectivity index is 1.63. The third-order valence-corrected chi connectivity index (χ3v) is 7.22. The molecule has 0 atom stereocenters. The highest BCUT2D eigenvalue weighted by Gasteiger charge is 2.38. The predicted octanol–water partition coefficient (Wildman–Crippen LogP) is 3.82. The first-order chi connectivity index (χ1) is 13.8. The summed E-state index contributed by atoms with van der Waals surface area (Å²) >= 11 is 1.19. The lowest BCUT2D eigenvalue weighted by atomic mass is 10.2. The first-order valence-corrected chi connectivity index (χ1v) is 11.0. The molecule has 2 aromatic heterocycles. The molecule has 1 N–H and O–H groups in total. The Morgan fingerprint density at radius 3 is 2.72 bits per heavy atom. The van der Waals surface area contributed by atoms with Gasteiger partial charge in [-0.3, -0.25) is 5.32 Å². The number of halogens is 2. The summed E-state index contributed by atoms with van der Waals surface area (Å²) in [6.45, 7) is -0.0166. The van der Waals surface area contributed by atoms with Crippen LogP contribution in [0.4, 0.5) is 18.7 Å². The molecule has 0 spiro atoms. The molecule has 0 bridgehead atoms. The zero-order valence-electron chi connectivity index (χ0n) is 14.8. The van der Waals surface area contributed by atoms with E-state index in [4.69, 9.17) is 4.74 Å². The number of amides is 1. The van der Waals surface area contributed by atoms with Gasteiger partial charge in [0.2, 0.25) is 5.88 Å². The first-order valence-electron chi connectivity index (χ1n) is 8.59. The highest BCUT2D eigenvalue weighted by Crippen LogP contribution is 2.35. The van der Waals surface area contributed by atoms with E-state index in [0.29, 0.717) is 23.5 Å². The fourth-order valence-electron chi connectivity index (χ4n) is 2.72. The number of anilines is 1. The van der Waals surface area contributed by atoms with Crippen LogP contribution >= 0.6 is 11.3 Å². The maximum absolute atomic E-state index is 13.5. The van der Waals surface area contributed by atoms with E-state index < -0.39 is 32.8 Å². The lowest BCUT2D eigenvalue weighted by molar-refractivity contribution is 0.211. The van der Waals surface area contributed by atoms with Gasteiger partial charge in [-0.2, -0.15) is 0 Å². The van der Waals surface area contributed by atoms with Crippen LogP contribution in [0.1, 0.15) is 18.4 Å². The Morgan fingerprint density at radius 1 is 1.28 bits per heavy atom. The first kappa shape index (κ1) is 19.5. The Hall–Kier alpha value is -2.79. The fourth-order valence-corrected chi connectivity index (χ4v) is 4.92. The van der Waals surface area contributed by atoms with E-state index in [-0.39, 0.29) is 17.3 Å². The van der Waals surface area contributed by atoms with Gasteiger partial charge in [-0.05, 0) is 30.5 Å². The van der Waals surface area contributed by atoms with E-state index in [9.17, 15) is 22.0 Å². The minimum absolute atomic E-state index is 0.0135. The van der Waals surface area contributed by atoms with Crippen LogP contribution < -0.4 is 10.1 Å². The van der Waals surface area contributed by atoms with Crippen LogP contribution in [0.5, 0.6) is 5.88 Å². The standard InChI is InChI=1S/C18H15F2N3O4S2/c19-14-4-1-11(7-15(14)20)9-23-10-13(29(25,26)12-2-3-12)8-16(23)27-18(24)22-17-21-5-6-28-17/h1,4-8,10,12H,2-3,9H2,(H,21,22,24). The van der Waals surface area contributed by atoms with Crippen molar-refractivity contribution < 1.29 is 26.7 Å². The quantitative estimate of drug-likeness (QED) is 0.631. The second kappa shape index (κ2) is 7.56. The Bertz CT molecular complexity index is 1160. The summed E-state index contributed by atoms with van der Waals surface area (Å²) in [7, 11) is -3.54. The van der Waals surface area contributed by atoms with Crippen molar-refractivity contribution in [3.63, 3.8) is 0 Å². The highest BCUT2D eigenvalue weighted by atomic mass is 32.2. The molecule has 152 valence electrons. The van der Waals surface area contributed by atoms with Crippen LogP contribution in [-0.4, -0.2) is 29.3 Å². The maximum atomic E-state index is 13.5. The summed E-state index contributed by atoms with van der Waals surface area (Å²) in [5.74, 6) is -2.05. The number of rotatable bonds is 6. The van der Waals surface area contributed by atoms with E-state index >= 15 is 0 Å². The lowest BCUT2D eigenvalue weighted by Gasteiger charge is -2.10. The largest absolute Gasteiger partial charge is 0.420 e. The summed E-state index contributed by atoms with van der Waals surface area (Å²) in [4.78, 5) is 16.1. The summed E-state index contributed by atoms with van der Waals surface area (Å²) in [5, 5.41) is 3.98.